The third-order valence-electron chi connectivity index (χ3n) is 6.74. The molecular weight excluding hydrogens is 456 g/mol. The monoisotopic (exact) mass is 486 g/mol. The summed E-state index contributed by atoms with van der Waals surface area (Å²) in [6, 6.07) is 15.9. The van der Waals surface area contributed by atoms with E-state index < -0.39 is 12.0 Å². The third-order valence-corrected chi connectivity index (χ3v) is 6.74. The van der Waals surface area contributed by atoms with Crippen LogP contribution in [-0.4, -0.2) is 39.8 Å². The molecule has 4 rings (SSSR count). The first kappa shape index (κ1) is 25.0. The van der Waals surface area contributed by atoms with E-state index in [0.717, 1.165) is 42.3 Å². The minimum Gasteiger partial charge on any atom is -0.427 e. The summed E-state index contributed by atoms with van der Waals surface area (Å²) < 4.78 is 7.20. The van der Waals surface area contributed by atoms with Crippen LogP contribution in [0.3, 0.4) is 0 Å². The second-order valence-electron chi connectivity index (χ2n) is 9.24. The highest BCUT2D eigenvalue weighted by molar-refractivity contribution is 5.88. The fraction of sp³-hybridized carbons (Fsp3) is 0.357. The number of amides is 2. The highest BCUT2D eigenvalue weighted by atomic mass is 16.5. The maximum absolute atomic E-state index is 13.6. The van der Waals surface area contributed by atoms with Crippen molar-refractivity contribution in [3.05, 3.63) is 65.4 Å². The molecule has 0 spiro atoms. The molecule has 2 amide bonds. The van der Waals surface area contributed by atoms with Crippen molar-refractivity contribution in [3.8, 4) is 11.8 Å². The summed E-state index contributed by atoms with van der Waals surface area (Å²) in [6.45, 7) is 3.37. The van der Waals surface area contributed by atoms with Crippen LogP contribution in [-0.2, 0) is 27.9 Å². The van der Waals surface area contributed by atoms with E-state index in [4.69, 9.17) is 4.74 Å². The van der Waals surface area contributed by atoms with E-state index in [0.29, 0.717) is 23.4 Å². The molecule has 0 aliphatic carbocycles. The van der Waals surface area contributed by atoms with Crippen molar-refractivity contribution in [1.82, 2.24) is 14.8 Å². The second kappa shape index (κ2) is 10.6. The summed E-state index contributed by atoms with van der Waals surface area (Å²) in [6.07, 6.45) is 3.42. The standard InChI is InChI=1S/C28H30N4O4/c1-18(33)30-27(21-8-12-25(13-9-21)36-19(2)34)28(35)32-14-4-5-23(32)10-11-24-16-22-7-6-20(17-29)15-26(22)31(24)3/h6-9,12-13,15-16,23,27H,4-5,10-11,14H2,1-3H3,(H,30,33)/t23-,27+/m0/s1. The zero-order chi connectivity index (χ0) is 25.8. The minimum absolute atomic E-state index is 0.0711. The van der Waals surface area contributed by atoms with Crippen molar-refractivity contribution in [2.75, 3.05) is 6.54 Å². The first-order valence-electron chi connectivity index (χ1n) is 12.1. The first-order valence-corrected chi connectivity index (χ1v) is 12.1. The van der Waals surface area contributed by atoms with E-state index in [-0.39, 0.29) is 17.9 Å². The SMILES string of the molecule is CC(=O)N[C@@H](C(=O)N1CCC[C@H]1CCc1cc2ccc(C#N)cc2n1C)c1ccc(OC(C)=O)cc1. The van der Waals surface area contributed by atoms with Gasteiger partial charge in [-0.25, -0.2) is 0 Å². The lowest BCUT2D eigenvalue weighted by molar-refractivity contribution is -0.137. The number of nitriles is 1. The molecule has 1 saturated heterocycles. The topological polar surface area (TPSA) is 104 Å². The molecule has 186 valence electrons. The normalized spacial score (nSPS) is 15.9. The molecule has 2 atom stereocenters. The van der Waals surface area contributed by atoms with Crippen LogP contribution in [0.5, 0.6) is 5.75 Å². The molecule has 1 aromatic heterocycles. The Hall–Kier alpha value is -4.12. The van der Waals surface area contributed by atoms with E-state index in [2.05, 4.69) is 22.0 Å². The molecule has 1 fully saturated rings. The number of nitrogens with one attached hydrogen (secondary N) is 1. The van der Waals surface area contributed by atoms with Gasteiger partial charge in [0.05, 0.1) is 11.6 Å². The molecule has 8 heteroatoms. The number of carbonyl (C=O) groups excluding carboxylic acids is 3. The summed E-state index contributed by atoms with van der Waals surface area (Å²) in [7, 11) is 2.00. The van der Waals surface area contributed by atoms with Gasteiger partial charge in [0.15, 0.2) is 0 Å². The van der Waals surface area contributed by atoms with E-state index in [9.17, 15) is 19.6 Å². The van der Waals surface area contributed by atoms with Crippen LogP contribution in [0.25, 0.3) is 10.9 Å². The van der Waals surface area contributed by atoms with Gasteiger partial charge >= 0.3 is 5.97 Å². The molecule has 0 radical (unpaired) electrons. The number of hydrogen-bond donors (Lipinski definition) is 1. The average Bonchev–Trinajstić information content (AvgIpc) is 3.45. The lowest BCUT2D eigenvalue weighted by Gasteiger charge is -2.29. The Bertz CT molecular complexity index is 1340. The first-order chi connectivity index (χ1) is 17.3. The molecule has 2 aromatic carbocycles. The number of nitrogens with zero attached hydrogens (tertiary/aromatic N) is 3. The summed E-state index contributed by atoms with van der Waals surface area (Å²) >= 11 is 0. The van der Waals surface area contributed by atoms with Gasteiger partial charge in [-0.15, -0.1) is 0 Å². The van der Waals surface area contributed by atoms with Crippen molar-refractivity contribution in [2.24, 2.45) is 7.05 Å². The van der Waals surface area contributed by atoms with Gasteiger partial charge < -0.3 is 19.5 Å². The van der Waals surface area contributed by atoms with Gasteiger partial charge in [0.1, 0.15) is 11.8 Å². The predicted molar refractivity (Wildman–Crippen MR) is 135 cm³/mol. The molecule has 1 aliphatic heterocycles. The van der Waals surface area contributed by atoms with Gasteiger partial charge in [0.25, 0.3) is 0 Å². The molecule has 0 bridgehead atoms. The van der Waals surface area contributed by atoms with Crippen LogP contribution in [0.4, 0.5) is 0 Å². The van der Waals surface area contributed by atoms with Gasteiger partial charge in [0.2, 0.25) is 11.8 Å². The van der Waals surface area contributed by atoms with E-state index in [1.54, 1.807) is 24.3 Å². The summed E-state index contributed by atoms with van der Waals surface area (Å²) in [5.74, 6) is -0.464. The van der Waals surface area contributed by atoms with E-state index in [1.807, 2.05) is 30.1 Å². The van der Waals surface area contributed by atoms with Crippen molar-refractivity contribution in [3.63, 3.8) is 0 Å². The van der Waals surface area contributed by atoms with E-state index in [1.165, 1.54) is 13.8 Å². The molecule has 1 aliphatic rings. The number of fused-ring (bicyclic) bond motifs is 1. The van der Waals surface area contributed by atoms with Gasteiger partial charge in [-0.3, -0.25) is 14.4 Å². The summed E-state index contributed by atoms with van der Waals surface area (Å²) in [5, 5.41) is 13.1. The largest absolute Gasteiger partial charge is 0.427 e. The van der Waals surface area contributed by atoms with Crippen molar-refractivity contribution in [1.29, 1.82) is 5.26 Å². The van der Waals surface area contributed by atoms with Crippen LogP contribution in [0, 0.1) is 11.3 Å². The van der Waals surface area contributed by atoms with Crippen molar-refractivity contribution >= 4 is 28.7 Å². The number of hydrogen-bond acceptors (Lipinski definition) is 5. The molecular formula is C28H30N4O4. The Kier molecular flexibility index (Phi) is 7.39. The summed E-state index contributed by atoms with van der Waals surface area (Å²) in [4.78, 5) is 38.7. The number of carbonyl (C=O) groups is 3. The van der Waals surface area contributed by atoms with Gasteiger partial charge in [-0.2, -0.15) is 5.26 Å². The number of rotatable bonds is 7. The molecule has 1 N–H and O–H groups in total. The van der Waals surface area contributed by atoms with Crippen molar-refractivity contribution < 1.29 is 19.1 Å². The molecule has 0 unspecified atom stereocenters. The highest BCUT2D eigenvalue weighted by Crippen LogP contribution is 2.28. The van der Waals surface area contributed by atoms with Crippen molar-refractivity contribution in [2.45, 2.75) is 51.6 Å². The number of ether oxygens (including phenoxy) is 1. The third kappa shape index (κ3) is 5.41. The maximum atomic E-state index is 13.6. The average molecular weight is 487 g/mol. The van der Waals surface area contributed by atoms with Crippen LogP contribution in [0.1, 0.15) is 56.0 Å². The zero-order valence-electron chi connectivity index (χ0n) is 20.8. The number of esters is 1. The second-order valence-corrected chi connectivity index (χ2v) is 9.24. The number of likely N-dealkylation sites (tertiary alicyclic amines) is 1. The molecule has 3 aromatic rings. The van der Waals surface area contributed by atoms with Crippen LogP contribution >= 0.6 is 0 Å². The number of aromatic nitrogens is 1. The van der Waals surface area contributed by atoms with Crippen LogP contribution in [0.2, 0.25) is 0 Å². The Morgan fingerprint density at radius 2 is 1.89 bits per heavy atom. The zero-order valence-corrected chi connectivity index (χ0v) is 20.8. The minimum atomic E-state index is -0.809. The fourth-order valence-electron chi connectivity index (χ4n) is 4.99. The molecule has 8 nitrogen and oxygen atoms in total. The predicted octanol–water partition coefficient (Wildman–Crippen LogP) is 3.78. The highest BCUT2D eigenvalue weighted by Gasteiger charge is 2.34. The van der Waals surface area contributed by atoms with Gasteiger partial charge in [-0.1, -0.05) is 18.2 Å². The molecule has 0 saturated carbocycles. The van der Waals surface area contributed by atoms with Gasteiger partial charge in [-0.05, 0) is 67.0 Å². The lowest BCUT2D eigenvalue weighted by atomic mass is 10.0. The van der Waals surface area contributed by atoms with E-state index >= 15 is 0 Å². The van der Waals surface area contributed by atoms with Crippen LogP contribution in [0.15, 0.2) is 48.5 Å². The molecule has 2 heterocycles. The lowest BCUT2D eigenvalue weighted by Crippen LogP contribution is -2.44. The Balaban J connectivity index is 1.50. The Morgan fingerprint density at radius 3 is 2.56 bits per heavy atom. The molecule has 36 heavy (non-hydrogen) atoms. The summed E-state index contributed by atoms with van der Waals surface area (Å²) in [5.41, 5.74) is 3.44. The van der Waals surface area contributed by atoms with Gasteiger partial charge in [0, 0.05) is 44.7 Å². The Morgan fingerprint density at radius 1 is 1.14 bits per heavy atom. The maximum Gasteiger partial charge on any atom is 0.308 e. The number of aryl methyl sites for hydroxylation is 2. The quantitative estimate of drug-likeness (QED) is 0.404. The smallest absolute Gasteiger partial charge is 0.308 e. The number of benzene rings is 2. The van der Waals surface area contributed by atoms with Crippen LogP contribution < -0.4 is 10.1 Å². The fourth-order valence-corrected chi connectivity index (χ4v) is 4.99. The Labute approximate surface area is 210 Å².